The Morgan fingerprint density at radius 1 is 1.05 bits per heavy atom. The standard InChI is InChI=1S/C18H23N3O/c19-18(11-4-1-5-12-18)13-20-17(22)21-16-10-6-8-14-7-2-3-9-15(14)16/h2-3,6-10H,1,4-5,11-13,19H2,(H2,20,21,22). The molecule has 0 aliphatic heterocycles. The molecule has 1 aliphatic carbocycles. The molecule has 4 N–H and O–H groups in total. The van der Waals surface area contributed by atoms with Crippen LogP contribution in [0.25, 0.3) is 10.8 Å². The number of amides is 2. The summed E-state index contributed by atoms with van der Waals surface area (Å²) in [6, 6.07) is 13.7. The summed E-state index contributed by atoms with van der Waals surface area (Å²) in [6.45, 7) is 0.531. The van der Waals surface area contributed by atoms with Gasteiger partial charge >= 0.3 is 6.03 Å². The summed E-state index contributed by atoms with van der Waals surface area (Å²) >= 11 is 0. The lowest BCUT2D eigenvalue weighted by Gasteiger charge is -2.33. The van der Waals surface area contributed by atoms with Gasteiger partial charge in [0.15, 0.2) is 0 Å². The number of fused-ring (bicyclic) bond motifs is 1. The number of nitrogens with one attached hydrogen (secondary N) is 2. The summed E-state index contributed by atoms with van der Waals surface area (Å²) in [6.07, 6.45) is 5.54. The molecule has 0 unspecified atom stereocenters. The highest BCUT2D eigenvalue weighted by Crippen LogP contribution is 2.25. The van der Waals surface area contributed by atoms with Gasteiger partial charge in [0.2, 0.25) is 0 Å². The van der Waals surface area contributed by atoms with Crippen LogP contribution in [0.2, 0.25) is 0 Å². The molecule has 2 aromatic carbocycles. The van der Waals surface area contributed by atoms with Gasteiger partial charge in [0.05, 0.1) is 5.69 Å². The SMILES string of the molecule is NC1(CNC(=O)Nc2cccc3ccccc23)CCCCC1. The van der Waals surface area contributed by atoms with Crippen LogP contribution in [0.4, 0.5) is 10.5 Å². The maximum atomic E-state index is 12.2. The van der Waals surface area contributed by atoms with E-state index in [1.165, 1.54) is 6.42 Å². The Kier molecular flexibility index (Phi) is 4.29. The van der Waals surface area contributed by atoms with E-state index >= 15 is 0 Å². The minimum absolute atomic E-state index is 0.188. The highest BCUT2D eigenvalue weighted by molar-refractivity contribution is 6.01. The van der Waals surface area contributed by atoms with Crippen molar-refractivity contribution in [3.63, 3.8) is 0 Å². The molecule has 2 amide bonds. The number of nitrogens with two attached hydrogens (primary N) is 1. The average Bonchev–Trinajstić information content (AvgIpc) is 2.54. The van der Waals surface area contributed by atoms with E-state index in [2.05, 4.69) is 10.6 Å². The first kappa shape index (κ1) is 14.9. The molecular weight excluding hydrogens is 274 g/mol. The van der Waals surface area contributed by atoms with Crippen LogP contribution in [0.1, 0.15) is 32.1 Å². The van der Waals surface area contributed by atoms with Gasteiger partial charge in [-0.1, -0.05) is 55.7 Å². The minimum Gasteiger partial charge on any atom is -0.336 e. The molecular formula is C18H23N3O. The molecule has 4 heteroatoms. The summed E-state index contributed by atoms with van der Waals surface area (Å²) in [5.74, 6) is 0. The van der Waals surface area contributed by atoms with Crippen LogP contribution < -0.4 is 16.4 Å². The first-order chi connectivity index (χ1) is 10.7. The number of rotatable bonds is 3. The van der Waals surface area contributed by atoms with E-state index < -0.39 is 0 Å². The van der Waals surface area contributed by atoms with Gasteiger partial charge in [-0.05, 0) is 24.3 Å². The second-order valence-electron chi connectivity index (χ2n) is 6.26. The third-order valence-corrected chi connectivity index (χ3v) is 4.49. The fourth-order valence-corrected chi connectivity index (χ4v) is 3.19. The van der Waals surface area contributed by atoms with Crippen LogP contribution in [0.5, 0.6) is 0 Å². The Balaban J connectivity index is 1.63. The summed E-state index contributed by atoms with van der Waals surface area (Å²) in [5, 5.41) is 8.02. The molecule has 1 saturated carbocycles. The van der Waals surface area contributed by atoms with Crippen molar-refractivity contribution < 1.29 is 4.79 Å². The molecule has 0 bridgehead atoms. The van der Waals surface area contributed by atoms with Gasteiger partial charge in [-0.2, -0.15) is 0 Å². The van der Waals surface area contributed by atoms with Gasteiger partial charge < -0.3 is 16.4 Å². The van der Waals surface area contributed by atoms with E-state index in [0.717, 1.165) is 42.1 Å². The van der Waals surface area contributed by atoms with Crippen molar-refractivity contribution in [2.75, 3.05) is 11.9 Å². The van der Waals surface area contributed by atoms with E-state index in [0.29, 0.717) is 6.54 Å². The first-order valence-electron chi connectivity index (χ1n) is 7.98. The number of hydrogen-bond donors (Lipinski definition) is 3. The predicted molar refractivity (Wildman–Crippen MR) is 91.0 cm³/mol. The van der Waals surface area contributed by atoms with E-state index in [1.807, 2.05) is 42.5 Å². The maximum Gasteiger partial charge on any atom is 0.319 e. The number of hydrogen-bond acceptors (Lipinski definition) is 2. The van der Waals surface area contributed by atoms with Gasteiger partial charge in [-0.3, -0.25) is 0 Å². The highest BCUT2D eigenvalue weighted by atomic mass is 16.2. The smallest absolute Gasteiger partial charge is 0.319 e. The van der Waals surface area contributed by atoms with E-state index in [-0.39, 0.29) is 11.6 Å². The summed E-state index contributed by atoms with van der Waals surface area (Å²) in [7, 11) is 0. The van der Waals surface area contributed by atoms with Crippen LogP contribution in [-0.2, 0) is 0 Å². The van der Waals surface area contributed by atoms with Gasteiger partial charge in [0, 0.05) is 17.5 Å². The zero-order valence-corrected chi connectivity index (χ0v) is 12.8. The number of carbonyl (C=O) groups excluding carboxylic acids is 1. The normalized spacial score (nSPS) is 17.1. The van der Waals surface area contributed by atoms with Crippen molar-refractivity contribution in [3.8, 4) is 0 Å². The second kappa shape index (κ2) is 6.36. The molecule has 1 aliphatic rings. The highest BCUT2D eigenvalue weighted by Gasteiger charge is 2.27. The van der Waals surface area contributed by atoms with Crippen LogP contribution in [-0.4, -0.2) is 18.1 Å². The lowest BCUT2D eigenvalue weighted by atomic mass is 9.82. The molecule has 1 fully saturated rings. The topological polar surface area (TPSA) is 67.1 Å². The number of urea groups is 1. The first-order valence-corrected chi connectivity index (χ1v) is 7.98. The summed E-state index contributed by atoms with van der Waals surface area (Å²) in [4.78, 5) is 12.2. The zero-order valence-electron chi connectivity index (χ0n) is 12.8. The summed E-state index contributed by atoms with van der Waals surface area (Å²) < 4.78 is 0. The zero-order chi connectivity index (χ0) is 15.4. The van der Waals surface area contributed by atoms with Crippen LogP contribution in [0.3, 0.4) is 0 Å². The fraction of sp³-hybridized carbons (Fsp3) is 0.389. The molecule has 0 radical (unpaired) electrons. The average molecular weight is 297 g/mol. The van der Waals surface area contributed by atoms with E-state index in [9.17, 15) is 4.79 Å². The lowest BCUT2D eigenvalue weighted by molar-refractivity contribution is 0.241. The Labute approximate surface area is 131 Å². The molecule has 4 nitrogen and oxygen atoms in total. The van der Waals surface area contributed by atoms with Crippen LogP contribution in [0.15, 0.2) is 42.5 Å². The molecule has 0 spiro atoms. The minimum atomic E-state index is -0.242. The van der Waals surface area contributed by atoms with Crippen molar-refractivity contribution in [1.29, 1.82) is 0 Å². The Bertz CT molecular complexity index is 657. The van der Waals surface area contributed by atoms with Gasteiger partial charge in [-0.25, -0.2) is 4.79 Å². The van der Waals surface area contributed by atoms with Crippen LogP contribution >= 0.6 is 0 Å². The third-order valence-electron chi connectivity index (χ3n) is 4.49. The Morgan fingerprint density at radius 2 is 1.77 bits per heavy atom. The van der Waals surface area contributed by atoms with Crippen molar-refractivity contribution in [2.45, 2.75) is 37.6 Å². The Morgan fingerprint density at radius 3 is 2.59 bits per heavy atom. The van der Waals surface area contributed by atoms with Crippen molar-refractivity contribution in [3.05, 3.63) is 42.5 Å². The van der Waals surface area contributed by atoms with E-state index in [4.69, 9.17) is 5.73 Å². The van der Waals surface area contributed by atoms with Gasteiger partial charge in [0.1, 0.15) is 0 Å². The summed E-state index contributed by atoms with van der Waals surface area (Å²) in [5.41, 5.74) is 6.93. The number of carbonyl (C=O) groups is 1. The molecule has 116 valence electrons. The molecule has 0 aromatic heterocycles. The van der Waals surface area contributed by atoms with Crippen molar-refractivity contribution >= 4 is 22.5 Å². The third kappa shape index (κ3) is 3.39. The fourth-order valence-electron chi connectivity index (χ4n) is 3.19. The molecule has 0 saturated heterocycles. The van der Waals surface area contributed by atoms with Gasteiger partial charge in [-0.15, -0.1) is 0 Å². The molecule has 3 rings (SSSR count). The van der Waals surface area contributed by atoms with Crippen molar-refractivity contribution in [2.24, 2.45) is 5.73 Å². The lowest BCUT2D eigenvalue weighted by Crippen LogP contribution is -2.52. The molecule has 22 heavy (non-hydrogen) atoms. The van der Waals surface area contributed by atoms with E-state index in [1.54, 1.807) is 0 Å². The maximum absolute atomic E-state index is 12.2. The van der Waals surface area contributed by atoms with Crippen LogP contribution in [0, 0.1) is 0 Å². The molecule has 0 atom stereocenters. The Hall–Kier alpha value is -2.07. The molecule has 2 aromatic rings. The van der Waals surface area contributed by atoms with Gasteiger partial charge in [0.25, 0.3) is 0 Å². The number of anilines is 1. The predicted octanol–water partition coefficient (Wildman–Crippen LogP) is 3.62. The van der Waals surface area contributed by atoms with Crippen molar-refractivity contribution in [1.82, 2.24) is 5.32 Å². The monoisotopic (exact) mass is 297 g/mol. The quantitative estimate of drug-likeness (QED) is 0.810. The largest absolute Gasteiger partial charge is 0.336 e. The second-order valence-corrected chi connectivity index (χ2v) is 6.26. The number of benzene rings is 2. The molecule has 0 heterocycles.